The van der Waals surface area contributed by atoms with Crippen LogP contribution in [0.1, 0.15) is 59.3 Å². The Balaban J connectivity index is 1.92. The van der Waals surface area contributed by atoms with Gasteiger partial charge in [0, 0.05) is 18.3 Å². The molecule has 0 amide bonds. The number of thioether (sulfide) groups is 1. The number of hydrogen-bond donors (Lipinski definition) is 1. The quantitative estimate of drug-likeness (QED) is 0.813. The van der Waals surface area contributed by atoms with Crippen LogP contribution in [0.15, 0.2) is 4.99 Å². The third-order valence-corrected chi connectivity index (χ3v) is 5.39. The van der Waals surface area contributed by atoms with Gasteiger partial charge in [0.15, 0.2) is 5.17 Å². The number of nitrogens with zero attached hydrogens (tertiary/aromatic N) is 1. The third-order valence-electron chi connectivity index (χ3n) is 4.31. The molecule has 0 spiro atoms. The predicted molar refractivity (Wildman–Crippen MR) is 82.3 cm³/mol. The van der Waals surface area contributed by atoms with Crippen molar-refractivity contribution >= 4 is 16.9 Å². The summed E-state index contributed by atoms with van der Waals surface area (Å²) in [6.07, 6.45) is 8.17. The van der Waals surface area contributed by atoms with E-state index in [4.69, 9.17) is 4.99 Å². The molecule has 104 valence electrons. The molecule has 1 saturated carbocycles. The van der Waals surface area contributed by atoms with Gasteiger partial charge in [0.1, 0.15) is 0 Å². The van der Waals surface area contributed by atoms with Crippen LogP contribution in [0, 0.1) is 11.3 Å². The maximum atomic E-state index is 4.90. The second kappa shape index (κ2) is 6.31. The van der Waals surface area contributed by atoms with E-state index in [0.29, 0.717) is 11.5 Å². The van der Waals surface area contributed by atoms with E-state index in [-0.39, 0.29) is 0 Å². The van der Waals surface area contributed by atoms with Crippen LogP contribution < -0.4 is 5.32 Å². The zero-order valence-corrected chi connectivity index (χ0v) is 13.0. The van der Waals surface area contributed by atoms with Crippen molar-refractivity contribution in [2.75, 3.05) is 12.3 Å². The molecule has 0 aromatic carbocycles. The van der Waals surface area contributed by atoms with Gasteiger partial charge in [-0.3, -0.25) is 4.99 Å². The van der Waals surface area contributed by atoms with Crippen molar-refractivity contribution in [3.8, 4) is 0 Å². The van der Waals surface area contributed by atoms with Gasteiger partial charge in [-0.15, -0.1) is 0 Å². The number of nitrogens with one attached hydrogen (secondary N) is 1. The molecule has 2 aliphatic rings. The van der Waals surface area contributed by atoms with Crippen LogP contribution >= 0.6 is 11.8 Å². The van der Waals surface area contributed by atoms with Gasteiger partial charge in [-0.1, -0.05) is 45.4 Å². The first-order valence-electron chi connectivity index (χ1n) is 7.57. The van der Waals surface area contributed by atoms with E-state index in [0.717, 1.165) is 12.5 Å². The molecule has 2 rings (SSSR count). The van der Waals surface area contributed by atoms with Crippen LogP contribution in [0.25, 0.3) is 0 Å². The van der Waals surface area contributed by atoms with Gasteiger partial charge < -0.3 is 5.32 Å². The Bertz CT molecular complexity index is 293. The molecule has 2 nitrogen and oxygen atoms in total. The molecule has 0 radical (unpaired) electrons. The second-order valence-corrected chi connectivity index (χ2v) is 7.50. The average molecular weight is 268 g/mol. The standard InChI is InChI=1S/C15H28N2S/c1-4-13-10-18-14(17-13)16-11-15(9-12(2)3)7-5-6-8-15/h12-13H,4-11H2,1-3H3,(H,16,17). The molecular weight excluding hydrogens is 240 g/mol. The summed E-state index contributed by atoms with van der Waals surface area (Å²) in [4.78, 5) is 4.90. The molecule has 2 fully saturated rings. The lowest BCUT2D eigenvalue weighted by Crippen LogP contribution is -2.28. The lowest BCUT2D eigenvalue weighted by molar-refractivity contribution is 0.245. The number of rotatable bonds is 5. The molecule has 0 aromatic rings. The molecule has 1 atom stereocenters. The summed E-state index contributed by atoms with van der Waals surface area (Å²) in [6, 6.07) is 0.651. The van der Waals surface area contributed by atoms with E-state index in [1.807, 2.05) is 11.8 Å². The first-order valence-corrected chi connectivity index (χ1v) is 8.56. The van der Waals surface area contributed by atoms with E-state index in [9.17, 15) is 0 Å². The number of amidine groups is 1. The minimum Gasteiger partial charge on any atom is -0.361 e. The topological polar surface area (TPSA) is 24.4 Å². The molecule has 1 aliphatic carbocycles. The fraction of sp³-hybridized carbons (Fsp3) is 0.933. The molecule has 3 heteroatoms. The molecule has 1 unspecified atom stereocenters. The molecule has 1 heterocycles. The van der Waals surface area contributed by atoms with Crippen LogP contribution in [0.2, 0.25) is 0 Å². The maximum absolute atomic E-state index is 4.90. The summed E-state index contributed by atoms with van der Waals surface area (Å²) in [5, 5.41) is 4.75. The first kappa shape index (κ1) is 14.2. The number of aliphatic imine (C=N–C) groups is 1. The summed E-state index contributed by atoms with van der Waals surface area (Å²) in [7, 11) is 0. The Hall–Kier alpha value is -0.180. The van der Waals surface area contributed by atoms with Crippen LogP contribution in [0.5, 0.6) is 0 Å². The Labute approximate surface area is 116 Å². The predicted octanol–water partition coefficient (Wildman–Crippen LogP) is 4.06. The van der Waals surface area contributed by atoms with Gasteiger partial charge >= 0.3 is 0 Å². The highest BCUT2D eigenvalue weighted by Crippen LogP contribution is 2.43. The van der Waals surface area contributed by atoms with Crippen molar-refractivity contribution in [2.24, 2.45) is 16.3 Å². The van der Waals surface area contributed by atoms with Gasteiger partial charge in [0.2, 0.25) is 0 Å². The van der Waals surface area contributed by atoms with Crippen LogP contribution in [0.4, 0.5) is 0 Å². The highest BCUT2D eigenvalue weighted by atomic mass is 32.2. The SMILES string of the molecule is CCC1CSC(=NCC2(CC(C)C)CCCC2)N1. The van der Waals surface area contributed by atoms with E-state index < -0.39 is 0 Å². The first-order chi connectivity index (χ1) is 8.63. The fourth-order valence-corrected chi connectivity index (χ4v) is 4.49. The molecule has 18 heavy (non-hydrogen) atoms. The van der Waals surface area contributed by atoms with Crippen molar-refractivity contribution < 1.29 is 0 Å². The van der Waals surface area contributed by atoms with Crippen molar-refractivity contribution in [1.29, 1.82) is 0 Å². The zero-order valence-electron chi connectivity index (χ0n) is 12.2. The van der Waals surface area contributed by atoms with Gasteiger partial charge in [0.05, 0.1) is 0 Å². The smallest absolute Gasteiger partial charge is 0.156 e. The summed E-state index contributed by atoms with van der Waals surface area (Å²) < 4.78 is 0. The zero-order chi connectivity index (χ0) is 13.0. The summed E-state index contributed by atoms with van der Waals surface area (Å²) in [5.74, 6) is 2.00. The minimum atomic E-state index is 0.522. The molecule has 1 aliphatic heterocycles. The van der Waals surface area contributed by atoms with Gasteiger partial charge in [-0.2, -0.15) is 0 Å². The average Bonchev–Trinajstić information content (AvgIpc) is 2.95. The largest absolute Gasteiger partial charge is 0.361 e. The Morgan fingerprint density at radius 1 is 1.39 bits per heavy atom. The van der Waals surface area contributed by atoms with E-state index >= 15 is 0 Å². The lowest BCUT2D eigenvalue weighted by atomic mass is 9.79. The number of hydrogen-bond acceptors (Lipinski definition) is 2. The van der Waals surface area contributed by atoms with Crippen molar-refractivity contribution in [3.63, 3.8) is 0 Å². The Morgan fingerprint density at radius 3 is 2.67 bits per heavy atom. The molecule has 0 aromatic heterocycles. The van der Waals surface area contributed by atoms with E-state index in [2.05, 4.69) is 26.1 Å². The normalized spacial score (nSPS) is 29.1. The van der Waals surface area contributed by atoms with Crippen molar-refractivity contribution in [2.45, 2.75) is 65.3 Å². The minimum absolute atomic E-state index is 0.522. The second-order valence-electron chi connectivity index (χ2n) is 6.49. The van der Waals surface area contributed by atoms with Crippen molar-refractivity contribution in [1.82, 2.24) is 5.32 Å². The molecule has 0 bridgehead atoms. The van der Waals surface area contributed by atoms with Gasteiger partial charge in [-0.05, 0) is 37.0 Å². The van der Waals surface area contributed by atoms with Crippen molar-refractivity contribution in [3.05, 3.63) is 0 Å². The van der Waals surface area contributed by atoms with Gasteiger partial charge in [-0.25, -0.2) is 0 Å². The molecular formula is C15H28N2S. The lowest BCUT2D eigenvalue weighted by Gasteiger charge is -2.29. The van der Waals surface area contributed by atoms with Gasteiger partial charge in [0.25, 0.3) is 0 Å². The van der Waals surface area contributed by atoms with Crippen LogP contribution in [0.3, 0.4) is 0 Å². The third kappa shape index (κ3) is 3.66. The molecule has 1 saturated heterocycles. The fourth-order valence-electron chi connectivity index (χ4n) is 3.41. The van der Waals surface area contributed by atoms with E-state index in [1.54, 1.807) is 0 Å². The monoisotopic (exact) mass is 268 g/mol. The van der Waals surface area contributed by atoms with E-state index in [1.165, 1.54) is 49.4 Å². The maximum Gasteiger partial charge on any atom is 0.156 e. The highest BCUT2D eigenvalue weighted by molar-refractivity contribution is 8.14. The van der Waals surface area contributed by atoms with Crippen LogP contribution in [-0.4, -0.2) is 23.5 Å². The Kier molecular flexibility index (Phi) is 4.99. The Morgan fingerprint density at radius 2 is 2.11 bits per heavy atom. The van der Waals surface area contributed by atoms with Crippen LogP contribution in [-0.2, 0) is 0 Å². The molecule has 1 N–H and O–H groups in total. The highest BCUT2D eigenvalue weighted by Gasteiger charge is 2.34. The summed E-state index contributed by atoms with van der Waals surface area (Å²) >= 11 is 1.91. The summed E-state index contributed by atoms with van der Waals surface area (Å²) in [5.41, 5.74) is 0.522. The summed E-state index contributed by atoms with van der Waals surface area (Å²) in [6.45, 7) is 8.00.